The molecule has 0 saturated carbocycles. The molecule has 0 aliphatic heterocycles. The molecule has 0 N–H and O–H groups in total. The van der Waals surface area contributed by atoms with E-state index >= 15 is 0 Å². The van der Waals surface area contributed by atoms with Gasteiger partial charge in [-0.05, 0) is 42.2 Å². The van der Waals surface area contributed by atoms with E-state index in [1.807, 2.05) is 91.0 Å². The van der Waals surface area contributed by atoms with Crippen molar-refractivity contribution in [2.45, 2.75) is 13.3 Å². The molecule has 0 amide bonds. The summed E-state index contributed by atoms with van der Waals surface area (Å²) in [7, 11) is 0. The number of allylic oxidation sites excluding steroid dienone is 2. The Kier molecular flexibility index (Phi) is 8.67. The standard InChI is InChI=1S/C27H26ClO3P/c1-2-31-27(30)26(25(29)20-12-13-21-28)32(22-14-6-3-7-15-22,23-16-8-4-9-17-23)24-18-10-5-11-19-24/h3-12,14-20H,2,13,21H2,1H3/b20-12+. The summed E-state index contributed by atoms with van der Waals surface area (Å²) in [6.07, 6.45) is 3.71. The topological polar surface area (TPSA) is 43.4 Å². The first-order valence-electron chi connectivity index (χ1n) is 10.5. The van der Waals surface area contributed by atoms with Crippen molar-refractivity contribution in [1.82, 2.24) is 0 Å². The molecule has 3 aromatic rings. The molecule has 5 heteroatoms. The van der Waals surface area contributed by atoms with E-state index in [9.17, 15) is 9.59 Å². The molecule has 0 heterocycles. The van der Waals surface area contributed by atoms with E-state index in [2.05, 4.69) is 0 Å². The summed E-state index contributed by atoms with van der Waals surface area (Å²) < 4.78 is 5.47. The number of hydrogen-bond donors (Lipinski definition) is 0. The van der Waals surface area contributed by atoms with Crippen molar-refractivity contribution in [2.24, 2.45) is 0 Å². The van der Waals surface area contributed by atoms with Crippen molar-refractivity contribution in [1.29, 1.82) is 0 Å². The molecule has 3 aromatic carbocycles. The molecular weight excluding hydrogens is 439 g/mol. The van der Waals surface area contributed by atoms with Crippen LogP contribution in [0, 0.1) is 0 Å². The van der Waals surface area contributed by atoms with Gasteiger partial charge in [0.2, 0.25) is 0 Å². The summed E-state index contributed by atoms with van der Waals surface area (Å²) in [6.45, 7) is -0.919. The Bertz CT molecular complexity index is 1020. The van der Waals surface area contributed by atoms with Crippen molar-refractivity contribution in [2.75, 3.05) is 12.5 Å². The minimum Gasteiger partial charge on any atom is -0.462 e. The number of ketones is 1. The molecule has 0 atom stereocenters. The Hall–Kier alpha value is -2.87. The van der Waals surface area contributed by atoms with Crippen LogP contribution in [0.1, 0.15) is 13.3 Å². The highest BCUT2D eigenvalue weighted by Gasteiger charge is 2.36. The fourth-order valence-corrected chi connectivity index (χ4v) is 8.12. The molecule has 32 heavy (non-hydrogen) atoms. The number of halogens is 1. The van der Waals surface area contributed by atoms with E-state index in [4.69, 9.17) is 16.3 Å². The lowest BCUT2D eigenvalue weighted by molar-refractivity contribution is -0.135. The van der Waals surface area contributed by atoms with Gasteiger partial charge in [0.25, 0.3) is 0 Å². The van der Waals surface area contributed by atoms with Crippen molar-refractivity contribution < 1.29 is 14.3 Å². The van der Waals surface area contributed by atoms with Crippen LogP contribution in [0.4, 0.5) is 0 Å². The van der Waals surface area contributed by atoms with E-state index in [1.165, 1.54) is 6.08 Å². The first-order chi connectivity index (χ1) is 15.7. The molecule has 0 unspecified atom stereocenters. The van der Waals surface area contributed by atoms with Crippen molar-refractivity contribution in [3.8, 4) is 0 Å². The Balaban J connectivity index is 2.56. The summed E-state index contributed by atoms with van der Waals surface area (Å²) in [4.78, 5) is 27.1. The second-order valence-corrected chi connectivity index (χ2v) is 10.7. The molecule has 3 nitrogen and oxygen atoms in total. The van der Waals surface area contributed by atoms with Gasteiger partial charge >= 0.3 is 5.97 Å². The van der Waals surface area contributed by atoms with Gasteiger partial charge in [-0.3, -0.25) is 4.79 Å². The van der Waals surface area contributed by atoms with Crippen LogP contribution >= 0.6 is 18.5 Å². The molecule has 164 valence electrons. The largest absolute Gasteiger partial charge is 0.462 e. The maximum atomic E-state index is 13.7. The van der Waals surface area contributed by atoms with Crippen LogP contribution < -0.4 is 15.9 Å². The number of carbonyl (C=O) groups excluding carboxylic acids is 2. The van der Waals surface area contributed by atoms with Crippen LogP contribution in [0.3, 0.4) is 0 Å². The monoisotopic (exact) mass is 464 g/mol. The van der Waals surface area contributed by atoms with Crippen molar-refractivity contribution in [3.05, 3.63) is 103 Å². The normalized spacial score (nSPS) is 11.3. The smallest absolute Gasteiger partial charge is 0.343 e. The van der Waals surface area contributed by atoms with E-state index < -0.39 is 12.9 Å². The van der Waals surface area contributed by atoms with E-state index in [0.717, 1.165) is 15.9 Å². The maximum absolute atomic E-state index is 13.7. The number of benzene rings is 3. The zero-order valence-corrected chi connectivity index (χ0v) is 19.6. The first kappa shape index (κ1) is 23.8. The lowest BCUT2D eigenvalue weighted by Crippen LogP contribution is -2.37. The van der Waals surface area contributed by atoms with E-state index in [1.54, 1.807) is 13.0 Å². The fraction of sp³-hybridized carbons (Fsp3) is 0.148. The second kappa shape index (κ2) is 11.7. The third-order valence-electron chi connectivity index (χ3n) is 5.01. The van der Waals surface area contributed by atoms with Gasteiger partial charge in [-0.25, -0.2) is 4.79 Å². The van der Waals surface area contributed by atoms with Crippen molar-refractivity contribution in [3.63, 3.8) is 0 Å². The van der Waals surface area contributed by atoms with Gasteiger partial charge in [0, 0.05) is 5.88 Å². The molecule has 0 radical (unpaired) electrons. The molecule has 0 aromatic heterocycles. The molecule has 0 fully saturated rings. The highest BCUT2D eigenvalue weighted by molar-refractivity contribution is 7.97. The molecule has 0 spiro atoms. The van der Waals surface area contributed by atoms with E-state index in [-0.39, 0.29) is 17.7 Å². The van der Waals surface area contributed by atoms with Crippen LogP contribution in [-0.4, -0.2) is 29.5 Å². The Morgan fingerprint density at radius 2 is 1.25 bits per heavy atom. The lowest BCUT2D eigenvalue weighted by Gasteiger charge is -2.31. The zero-order chi connectivity index (χ0) is 22.8. The fourth-order valence-electron chi connectivity index (χ4n) is 3.72. The average Bonchev–Trinajstić information content (AvgIpc) is 2.84. The summed E-state index contributed by atoms with van der Waals surface area (Å²) >= 11 is 5.80. The molecule has 0 bridgehead atoms. The minimum atomic E-state index is -2.85. The van der Waals surface area contributed by atoms with Gasteiger partial charge in [-0.2, -0.15) is 0 Å². The van der Waals surface area contributed by atoms with Gasteiger partial charge < -0.3 is 4.74 Å². The quantitative estimate of drug-likeness (QED) is 0.154. The van der Waals surface area contributed by atoms with E-state index in [0.29, 0.717) is 12.3 Å². The Morgan fingerprint density at radius 1 is 0.812 bits per heavy atom. The molecule has 3 rings (SSSR count). The summed E-state index contributed by atoms with van der Waals surface area (Å²) in [5.41, 5.74) is 0. The SMILES string of the molecule is CCOC(=O)C(C(=O)/C=C/CCCl)=P(c1ccccc1)(c1ccccc1)c1ccccc1. The third kappa shape index (κ3) is 4.96. The minimum absolute atomic E-state index is 0.161. The number of esters is 1. The number of hydrogen-bond acceptors (Lipinski definition) is 3. The predicted molar refractivity (Wildman–Crippen MR) is 136 cm³/mol. The Labute approximate surface area is 194 Å². The van der Waals surface area contributed by atoms with Crippen LogP contribution in [-0.2, 0) is 14.3 Å². The van der Waals surface area contributed by atoms with Crippen LogP contribution in [0.2, 0.25) is 0 Å². The third-order valence-corrected chi connectivity index (χ3v) is 9.52. The number of alkyl halides is 1. The highest BCUT2D eigenvalue weighted by atomic mass is 35.5. The second-order valence-electron chi connectivity index (χ2n) is 6.99. The van der Waals surface area contributed by atoms with Gasteiger partial charge in [0.05, 0.1) is 6.61 Å². The molecule has 0 aliphatic rings. The highest BCUT2D eigenvalue weighted by Crippen LogP contribution is 2.46. The number of ether oxygens (including phenoxy) is 1. The summed E-state index contributed by atoms with van der Waals surface area (Å²) in [6, 6.07) is 29.3. The first-order valence-corrected chi connectivity index (χ1v) is 12.9. The molecular formula is C27H26ClO3P. The number of rotatable bonds is 9. The van der Waals surface area contributed by atoms with Gasteiger partial charge in [0.1, 0.15) is 5.29 Å². The average molecular weight is 465 g/mol. The lowest BCUT2D eigenvalue weighted by atomic mass is 10.2. The van der Waals surface area contributed by atoms with Crippen LogP contribution in [0.15, 0.2) is 103 Å². The van der Waals surface area contributed by atoms with Gasteiger partial charge in [-0.15, -0.1) is 11.6 Å². The Morgan fingerprint density at radius 3 is 1.62 bits per heavy atom. The number of carbonyl (C=O) groups is 2. The molecule has 0 saturated heterocycles. The maximum Gasteiger partial charge on any atom is 0.343 e. The predicted octanol–water partition coefficient (Wildman–Crippen LogP) is 4.47. The van der Waals surface area contributed by atoms with Crippen molar-refractivity contribution >= 4 is 51.4 Å². The van der Waals surface area contributed by atoms with Crippen LogP contribution in [0.25, 0.3) is 0 Å². The summed E-state index contributed by atoms with van der Waals surface area (Å²) in [5.74, 6) is -0.536. The van der Waals surface area contributed by atoms with Gasteiger partial charge in [0.15, 0.2) is 5.78 Å². The molecule has 0 aliphatic carbocycles. The van der Waals surface area contributed by atoms with Crippen LogP contribution in [0.5, 0.6) is 0 Å². The zero-order valence-electron chi connectivity index (χ0n) is 18.0. The summed E-state index contributed by atoms with van der Waals surface area (Å²) in [5, 5.41) is 2.91. The van der Waals surface area contributed by atoms with Gasteiger partial charge in [-0.1, -0.05) is 97.1 Å².